The SMILES string of the molecule is CCCNC(=O)C(NC)C(C)(C)C. The van der Waals surface area contributed by atoms with Crippen molar-refractivity contribution in [3.05, 3.63) is 0 Å². The summed E-state index contributed by atoms with van der Waals surface area (Å²) in [5, 5.41) is 5.93. The van der Waals surface area contributed by atoms with Crippen molar-refractivity contribution in [3.63, 3.8) is 0 Å². The van der Waals surface area contributed by atoms with Gasteiger partial charge in [-0.2, -0.15) is 0 Å². The van der Waals surface area contributed by atoms with E-state index in [1.54, 1.807) is 0 Å². The van der Waals surface area contributed by atoms with E-state index in [1.165, 1.54) is 0 Å². The van der Waals surface area contributed by atoms with Crippen LogP contribution >= 0.6 is 0 Å². The van der Waals surface area contributed by atoms with Gasteiger partial charge in [0.2, 0.25) is 5.91 Å². The van der Waals surface area contributed by atoms with Crippen LogP contribution in [-0.4, -0.2) is 25.5 Å². The topological polar surface area (TPSA) is 41.1 Å². The maximum absolute atomic E-state index is 11.6. The minimum absolute atomic E-state index is 0.0351. The van der Waals surface area contributed by atoms with E-state index in [-0.39, 0.29) is 17.4 Å². The molecule has 1 unspecified atom stereocenters. The van der Waals surface area contributed by atoms with Crippen LogP contribution in [-0.2, 0) is 4.79 Å². The number of carbonyl (C=O) groups excluding carboxylic acids is 1. The molecule has 0 aromatic heterocycles. The second-order valence-corrected chi connectivity index (χ2v) is 4.38. The summed E-state index contributed by atoms with van der Waals surface area (Å²) in [4.78, 5) is 11.6. The van der Waals surface area contributed by atoms with Gasteiger partial charge in [-0.25, -0.2) is 0 Å². The van der Waals surface area contributed by atoms with Crippen molar-refractivity contribution in [2.45, 2.75) is 40.2 Å². The second kappa shape index (κ2) is 5.22. The van der Waals surface area contributed by atoms with Crippen LogP contribution in [0.3, 0.4) is 0 Å². The molecule has 0 spiro atoms. The molecule has 2 N–H and O–H groups in total. The average Bonchev–Trinajstić information content (AvgIpc) is 1.99. The predicted molar refractivity (Wildman–Crippen MR) is 55.6 cm³/mol. The van der Waals surface area contributed by atoms with Gasteiger partial charge in [0.25, 0.3) is 0 Å². The molecule has 0 rings (SSSR count). The van der Waals surface area contributed by atoms with Crippen LogP contribution in [0.15, 0.2) is 0 Å². The van der Waals surface area contributed by atoms with Gasteiger partial charge >= 0.3 is 0 Å². The maximum atomic E-state index is 11.6. The number of hydrogen-bond donors (Lipinski definition) is 2. The highest BCUT2D eigenvalue weighted by molar-refractivity contribution is 5.82. The van der Waals surface area contributed by atoms with Crippen LogP contribution in [0.5, 0.6) is 0 Å². The molecule has 3 nitrogen and oxygen atoms in total. The Hall–Kier alpha value is -0.570. The first-order valence-electron chi connectivity index (χ1n) is 4.88. The summed E-state index contributed by atoms with van der Waals surface area (Å²) in [7, 11) is 1.82. The molecule has 3 heteroatoms. The Balaban J connectivity index is 4.16. The summed E-state index contributed by atoms with van der Waals surface area (Å²) < 4.78 is 0. The first-order valence-corrected chi connectivity index (χ1v) is 4.88. The smallest absolute Gasteiger partial charge is 0.237 e. The molecular formula is C10H22N2O. The van der Waals surface area contributed by atoms with Crippen molar-refractivity contribution in [2.75, 3.05) is 13.6 Å². The molecule has 0 heterocycles. The van der Waals surface area contributed by atoms with Gasteiger partial charge < -0.3 is 10.6 Å². The molecule has 0 radical (unpaired) electrons. The van der Waals surface area contributed by atoms with Crippen molar-refractivity contribution in [1.29, 1.82) is 0 Å². The molecule has 0 saturated heterocycles. The Morgan fingerprint density at radius 3 is 2.23 bits per heavy atom. The van der Waals surface area contributed by atoms with Gasteiger partial charge in [0.05, 0.1) is 6.04 Å². The average molecular weight is 186 g/mol. The minimum atomic E-state index is -0.112. The summed E-state index contributed by atoms with van der Waals surface area (Å²) in [6.45, 7) is 8.97. The molecule has 0 aliphatic heterocycles. The van der Waals surface area contributed by atoms with Crippen LogP contribution in [0.25, 0.3) is 0 Å². The Kier molecular flexibility index (Phi) is 4.99. The zero-order chi connectivity index (χ0) is 10.5. The summed E-state index contributed by atoms with van der Waals surface area (Å²) in [6, 6.07) is -0.112. The number of amides is 1. The summed E-state index contributed by atoms with van der Waals surface area (Å²) in [5.74, 6) is 0.0943. The van der Waals surface area contributed by atoms with Gasteiger partial charge in [-0.05, 0) is 18.9 Å². The van der Waals surface area contributed by atoms with Crippen LogP contribution in [0.1, 0.15) is 34.1 Å². The molecule has 0 aromatic rings. The van der Waals surface area contributed by atoms with E-state index in [9.17, 15) is 4.79 Å². The van der Waals surface area contributed by atoms with Crippen LogP contribution in [0.2, 0.25) is 0 Å². The third-order valence-electron chi connectivity index (χ3n) is 1.97. The lowest BCUT2D eigenvalue weighted by Gasteiger charge is -2.29. The van der Waals surface area contributed by atoms with Crippen LogP contribution in [0, 0.1) is 5.41 Å². The Bertz CT molecular complexity index is 161. The van der Waals surface area contributed by atoms with E-state index in [2.05, 4.69) is 31.4 Å². The largest absolute Gasteiger partial charge is 0.355 e. The molecule has 78 valence electrons. The number of hydrogen-bond acceptors (Lipinski definition) is 2. The third-order valence-corrected chi connectivity index (χ3v) is 1.97. The first kappa shape index (κ1) is 12.4. The monoisotopic (exact) mass is 186 g/mol. The van der Waals surface area contributed by atoms with Crippen molar-refractivity contribution in [2.24, 2.45) is 5.41 Å². The molecule has 13 heavy (non-hydrogen) atoms. The van der Waals surface area contributed by atoms with Gasteiger partial charge in [0, 0.05) is 6.54 Å². The van der Waals surface area contributed by atoms with Gasteiger partial charge in [-0.1, -0.05) is 27.7 Å². The Morgan fingerprint density at radius 2 is 1.92 bits per heavy atom. The molecular weight excluding hydrogens is 164 g/mol. The van der Waals surface area contributed by atoms with Crippen molar-refractivity contribution in [1.82, 2.24) is 10.6 Å². The van der Waals surface area contributed by atoms with Crippen molar-refractivity contribution >= 4 is 5.91 Å². The lowest BCUT2D eigenvalue weighted by Crippen LogP contribution is -2.50. The zero-order valence-corrected chi connectivity index (χ0v) is 9.40. The highest BCUT2D eigenvalue weighted by Gasteiger charge is 2.29. The Morgan fingerprint density at radius 1 is 1.38 bits per heavy atom. The highest BCUT2D eigenvalue weighted by Crippen LogP contribution is 2.18. The molecule has 1 atom stereocenters. The van der Waals surface area contributed by atoms with E-state index in [1.807, 2.05) is 14.0 Å². The molecule has 0 saturated carbocycles. The van der Waals surface area contributed by atoms with Crippen LogP contribution in [0.4, 0.5) is 0 Å². The first-order chi connectivity index (χ1) is 5.93. The molecule has 0 aromatic carbocycles. The predicted octanol–water partition coefficient (Wildman–Crippen LogP) is 1.15. The van der Waals surface area contributed by atoms with Gasteiger partial charge in [0.1, 0.15) is 0 Å². The van der Waals surface area contributed by atoms with Gasteiger partial charge in [-0.3, -0.25) is 4.79 Å². The number of likely N-dealkylation sites (N-methyl/N-ethyl adjacent to an activating group) is 1. The van der Waals surface area contributed by atoms with Crippen molar-refractivity contribution < 1.29 is 4.79 Å². The lowest BCUT2D eigenvalue weighted by molar-refractivity contribution is -0.125. The highest BCUT2D eigenvalue weighted by atomic mass is 16.2. The number of carbonyl (C=O) groups is 1. The molecule has 1 amide bonds. The summed E-state index contributed by atoms with van der Waals surface area (Å²) >= 11 is 0. The maximum Gasteiger partial charge on any atom is 0.237 e. The quantitative estimate of drug-likeness (QED) is 0.691. The third kappa shape index (κ3) is 4.27. The van der Waals surface area contributed by atoms with Crippen LogP contribution < -0.4 is 10.6 Å². The van der Waals surface area contributed by atoms with E-state index >= 15 is 0 Å². The van der Waals surface area contributed by atoms with E-state index in [4.69, 9.17) is 0 Å². The lowest BCUT2D eigenvalue weighted by atomic mass is 9.86. The standard InChI is InChI=1S/C10H22N2O/c1-6-7-12-9(13)8(11-5)10(2,3)4/h8,11H,6-7H2,1-5H3,(H,12,13). The van der Waals surface area contributed by atoms with Gasteiger partial charge in [0.15, 0.2) is 0 Å². The Labute approximate surface area is 81.3 Å². The fraction of sp³-hybridized carbons (Fsp3) is 0.900. The molecule has 0 aliphatic carbocycles. The molecule has 0 bridgehead atoms. The minimum Gasteiger partial charge on any atom is -0.355 e. The number of rotatable bonds is 4. The fourth-order valence-corrected chi connectivity index (χ4v) is 1.31. The molecule has 0 fully saturated rings. The fourth-order valence-electron chi connectivity index (χ4n) is 1.31. The van der Waals surface area contributed by atoms with Crippen molar-refractivity contribution in [3.8, 4) is 0 Å². The summed E-state index contributed by atoms with van der Waals surface area (Å²) in [6.07, 6.45) is 0.978. The summed E-state index contributed by atoms with van der Waals surface area (Å²) in [5.41, 5.74) is -0.0351. The van der Waals surface area contributed by atoms with Gasteiger partial charge in [-0.15, -0.1) is 0 Å². The van der Waals surface area contributed by atoms with E-state index < -0.39 is 0 Å². The normalized spacial score (nSPS) is 13.9. The number of nitrogens with one attached hydrogen (secondary N) is 2. The second-order valence-electron chi connectivity index (χ2n) is 4.38. The molecule has 0 aliphatic rings. The van der Waals surface area contributed by atoms with E-state index in [0.29, 0.717) is 0 Å². The van der Waals surface area contributed by atoms with E-state index in [0.717, 1.165) is 13.0 Å². The zero-order valence-electron chi connectivity index (χ0n) is 9.40.